The zero-order chi connectivity index (χ0) is 34.4. The third kappa shape index (κ3) is 8.06. The van der Waals surface area contributed by atoms with Crippen molar-refractivity contribution in [1.82, 2.24) is 0 Å². The van der Waals surface area contributed by atoms with Crippen molar-refractivity contribution in [2.24, 2.45) is 0 Å². The highest BCUT2D eigenvalue weighted by Gasteiger charge is 2.28. The van der Waals surface area contributed by atoms with E-state index in [1.807, 2.05) is 19.1 Å². The molecule has 1 atom stereocenters. The van der Waals surface area contributed by atoms with Gasteiger partial charge in [0.05, 0.1) is 25.5 Å². The van der Waals surface area contributed by atoms with Crippen molar-refractivity contribution >= 4 is 29.8 Å². The summed E-state index contributed by atoms with van der Waals surface area (Å²) in [5.41, 5.74) is 4.00. The van der Waals surface area contributed by atoms with Crippen LogP contribution in [-0.4, -0.2) is 43.1 Å². The van der Waals surface area contributed by atoms with Crippen LogP contribution in [0.4, 0.5) is 0 Å². The molecule has 0 radical (unpaired) electrons. The van der Waals surface area contributed by atoms with E-state index in [4.69, 9.17) is 18.9 Å². The number of carbonyl (C=O) groups excluding carboxylic acids is 5. The Morgan fingerprint density at radius 1 is 0.667 bits per heavy atom. The van der Waals surface area contributed by atoms with Crippen LogP contribution in [0.2, 0.25) is 0 Å². The number of fused-ring (bicyclic) bond motifs is 3. The number of carbonyl (C=O) groups is 5. The number of rotatable bonds is 11. The molecule has 0 aliphatic heterocycles. The van der Waals surface area contributed by atoms with Gasteiger partial charge in [0.15, 0.2) is 0 Å². The lowest BCUT2D eigenvalue weighted by Crippen LogP contribution is -2.22. The number of hydrogen-bond donors (Lipinski definition) is 0. The first-order valence-corrected chi connectivity index (χ1v) is 15.7. The van der Waals surface area contributed by atoms with Gasteiger partial charge in [-0.1, -0.05) is 38.6 Å². The summed E-state index contributed by atoms with van der Waals surface area (Å²) in [4.78, 5) is 61.6. The molecule has 10 nitrogen and oxygen atoms in total. The summed E-state index contributed by atoms with van der Waals surface area (Å²) >= 11 is 0. The summed E-state index contributed by atoms with van der Waals surface area (Å²) in [7, 11) is 1.23. The van der Waals surface area contributed by atoms with Gasteiger partial charge < -0.3 is 23.7 Å². The van der Waals surface area contributed by atoms with Gasteiger partial charge >= 0.3 is 29.8 Å². The van der Waals surface area contributed by atoms with Crippen molar-refractivity contribution in [2.75, 3.05) is 7.11 Å². The van der Waals surface area contributed by atoms with Gasteiger partial charge in [-0.3, -0.25) is 9.59 Å². The second kappa shape index (κ2) is 14.9. The summed E-state index contributed by atoms with van der Waals surface area (Å²) in [5.74, 6) is -2.50. The van der Waals surface area contributed by atoms with E-state index in [2.05, 4.69) is 17.9 Å². The minimum atomic E-state index is -0.747. The molecule has 3 aromatic rings. The summed E-state index contributed by atoms with van der Waals surface area (Å²) in [5, 5.41) is 0. The van der Waals surface area contributed by atoms with Gasteiger partial charge in [-0.15, -0.1) is 0 Å². The highest BCUT2D eigenvalue weighted by molar-refractivity contribution is 5.96. The quantitative estimate of drug-likeness (QED) is 0.124. The highest BCUT2D eigenvalue weighted by atomic mass is 16.6. The molecule has 0 saturated heterocycles. The molecule has 1 fully saturated rings. The lowest BCUT2D eigenvalue weighted by molar-refractivity contribution is -0.150. The zero-order valence-electron chi connectivity index (χ0n) is 26.9. The van der Waals surface area contributed by atoms with Crippen LogP contribution in [-0.2, 0) is 28.7 Å². The number of methoxy groups -OCH3 is 1. The van der Waals surface area contributed by atoms with E-state index in [0.717, 1.165) is 54.4 Å². The molecule has 3 aromatic carbocycles. The van der Waals surface area contributed by atoms with E-state index in [0.29, 0.717) is 11.3 Å². The van der Waals surface area contributed by atoms with Gasteiger partial charge in [0.2, 0.25) is 0 Å². The largest absolute Gasteiger partial charge is 0.469 e. The van der Waals surface area contributed by atoms with Crippen molar-refractivity contribution in [3.8, 4) is 28.4 Å². The molecule has 0 bridgehead atoms. The van der Waals surface area contributed by atoms with Crippen LogP contribution in [0.25, 0.3) is 11.1 Å². The average molecular weight is 653 g/mol. The van der Waals surface area contributed by atoms with Gasteiger partial charge in [-0.2, -0.15) is 0 Å². The summed E-state index contributed by atoms with van der Waals surface area (Å²) in [6, 6.07) is 16.5. The molecule has 0 N–H and O–H groups in total. The van der Waals surface area contributed by atoms with E-state index >= 15 is 0 Å². The van der Waals surface area contributed by atoms with E-state index in [-0.39, 0.29) is 47.5 Å². The zero-order valence-corrected chi connectivity index (χ0v) is 26.9. The lowest BCUT2D eigenvalue weighted by Gasteiger charge is -2.21. The maximum atomic E-state index is 13.1. The lowest BCUT2D eigenvalue weighted by atomic mass is 9.98. The second-order valence-corrected chi connectivity index (χ2v) is 11.8. The van der Waals surface area contributed by atoms with E-state index < -0.39 is 29.8 Å². The molecule has 0 spiro atoms. The maximum absolute atomic E-state index is 13.1. The predicted molar refractivity (Wildman–Crippen MR) is 175 cm³/mol. The fourth-order valence-corrected chi connectivity index (χ4v) is 5.74. The van der Waals surface area contributed by atoms with Crippen molar-refractivity contribution in [1.29, 1.82) is 0 Å². The summed E-state index contributed by atoms with van der Waals surface area (Å²) in [6.07, 6.45) is 4.22. The molecule has 5 rings (SSSR count). The molecule has 0 heterocycles. The Balaban J connectivity index is 1.16. The van der Waals surface area contributed by atoms with Crippen LogP contribution in [0.15, 0.2) is 85.0 Å². The fraction of sp³-hybridized carbons (Fsp3) is 0.289. The Morgan fingerprint density at radius 3 is 1.81 bits per heavy atom. The van der Waals surface area contributed by atoms with Crippen molar-refractivity contribution < 1.29 is 47.7 Å². The first-order valence-electron chi connectivity index (χ1n) is 15.7. The Morgan fingerprint density at radius 2 is 1.19 bits per heavy atom. The van der Waals surface area contributed by atoms with Crippen LogP contribution in [0.5, 0.6) is 17.2 Å². The van der Waals surface area contributed by atoms with E-state index in [9.17, 15) is 24.0 Å². The maximum Gasteiger partial charge on any atom is 0.343 e. The Bertz CT molecular complexity index is 1780. The van der Waals surface area contributed by atoms with E-state index in [1.165, 1.54) is 31.4 Å². The van der Waals surface area contributed by atoms with Crippen LogP contribution in [0, 0.1) is 0 Å². The minimum Gasteiger partial charge on any atom is -0.469 e. The van der Waals surface area contributed by atoms with Crippen molar-refractivity contribution in [2.45, 2.75) is 63.9 Å². The third-order valence-corrected chi connectivity index (χ3v) is 8.36. The molecular weight excluding hydrogens is 616 g/mol. The average Bonchev–Trinajstić information content (AvgIpc) is 3.35. The highest BCUT2D eigenvalue weighted by Crippen LogP contribution is 2.46. The summed E-state index contributed by atoms with van der Waals surface area (Å²) in [6.45, 7) is 9.25. The molecule has 10 heteroatoms. The fourth-order valence-electron chi connectivity index (χ4n) is 5.74. The molecule has 2 aliphatic carbocycles. The van der Waals surface area contributed by atoms with Gasteiger partial charge in [0, 0.05) is 17.1 Å². The standard InChI is InChI=1S/C38H36O10/c1-22(18-34(39)44-4)37(42)48-29-15-17-31-30-16-10-25(20-32(30)24(3)33(31)21-29)38(43)47-28-13-11-27(12-14-28)46-36(41)23(2)19-35(40)45-26-8-6-5-7-9-26/h10-17,20-21,24,26H,1-2,5-9,18-19H2,3-4H3. The number of benzene rings is 3. The van der Waals surface area contributed by atoms with Crippen LogP contribution < -0.4 is 14.2 Å². The SMILES string of the molecule is C=C(CC(=O)OC)C(=O)Oc1ccc2c(c1)C(C)c1cc(C(=O)Oc3ccc(OC(=O)C(=C)CC(=O)OC4CCCCC4)cc3)ccc1-2. The monoisotopic (exact) mass is 652 g/mol. The summed E-state index contributed by atoms with van der Waals surface area (Å²) < 4.78 is 26.3. The third-order valence-electron chi connectivity index (χ3n) is 8.36. The van der Waals surface area contributed by atoms with Gasteiger partial charge in [0.25, 0.3) is 0 Å². The second-order valence-electron chi connectivity index (χ2n) is 11.8. The predicted octanol–water partition coefficient (Wildman–Crippen LogP) is 6.79. The molecule has 48 heavy (non-hydrogen) atoms. The van der Waals surface area contributed by atoms with Gasteiger partial charge in [-0.25, -0.2) is 14.4 Å². The van der Waals surface area contributed by atoms with Crippen LogP contribution in [0.1, 0.15) is 79.3 Å². The minimum absolute atomic E-state index is 0.0157. The number of esters is 5. The van der Waals surface area contributed by atoms with E-state index in [1.54, 1.807) is 24.3 Å². The normalized spacial score (nSPS) is 14.9. The van der Waals surface area contributed by atoms with Crippen molar-refractivity contribution in [3.05, 3.63) is 102 Å². The molecule has 1 saturated carbocycles. The Hall–Kier alpha value is -5.51. The topological polar surface area (TPSA) is 132 Å². The first-order chi connectivity index (χ1) is 23.0. The Kier molecular flexibility index (Phi) is 10.5. The molecule has 0 amide bonds. The van der Waals surface area contributed by atoms with Crippen LogP contribution in [0.3, 0.4) is 0 Å². The Labute approximate surface area is 278 Å². The molecule has 2 aliphatic rings. The van der Waals surface area contributed by atoms with Crippen molar-refractivity contribution in [3.63, 3.8) is 0 Å². The molecular formula is C38H36O10. The van der Waals surface area contributed by atoms with Gasteiger partial charge in [-0.05, 0) is 96.5 Å². The number of hydrogen-bond acceptors (Lipinski definition) is 10. The molecule has 248 valence electrons. The molecule has 0 aromatic heterocycles. The van der Waals surface area contributed by atoms with Crippen LogP contribution >= 0.6 is 0 Å². The first kappa shape index (κ1) is 33.8. The molecule has 1 unspecified atom stereocenters. The number of ether oxygens (including phenoxy) is 5. The smallest absolute Gasteiger partial charge is 0.343 e. The van der Waals surface area contributed by atoms with Gasteiger partial charge in [0.1, 0.15) is 23.4 Å².